The standard InChI is InChI=1S/C23H25ClN2O5S/c1-16-9-10-19(31-16)15-26-32(29,30)20-6-4-5-17(13-20)18(11-12-24)14-25-22-8-3-2-7-21(22)23(27)28/h2-10,13,18,25-26H,11-12,14-15H2,1H3,(H,27,28). The van der Waals surface area contributed by atoms with E-state index in [4.69, 9.17) is 16.0 Å². The number of furan rings is 1. The zero-order valence-corrected chi connectivity index (χ0v) is 19.1. The largest absolute Gasteiger partial charge is 0.478 e. The molecule has 0 saturated carbocycles. The number of hydrogen-bond donors (Lipinski definition) is 3. The number of sulfonamides is 1. The van der Waals surface area contributed by atoms with Crippen LogP contribution in [0.3, 0.4) is 0 Å². The Morgan fingerprint density at radius 1 is 1.12 bits per heavy atom. The first kappa shape index (κ1) is 23.8. The van der Waals surface area contributed by atoms with E-state index in [1.807, 2.05) is 6.07 Å². The Bertz CT molecular complexity index is 1180. The molecule has 0 radical (unpaired) electrons. The van der Waals surface area contributed by atoms with E-state index in [0.29, 0.717) is 36.1 Å². The highest BCUT2D eigenvalue weighted by Crippen LogP contribution is 2.25. The van der Waals surface area contributed by atoms with Gasteiger partial charge in [-0.05, 0) is 55.3 Å². The molecular formula is C23H25ClN2O5S. The molecule has 1 heterocycles. The summed E-state index contributed by atoms with van der Waals surface area (Å²) in [5.41, 5.74) is 1.47. The van der Waals surface area contributed by atoms with Gasteiger partial charge in [0.25, 0.3) is 0 Å². The molecular weight excluding hydrogens is 452 g/mol. The van der Waals surface area contributed by atoms with E-state index in [2.05, 4.69) is 10.0 Å². The molecule has 3 N–H and O–H groups in total. The zero-order chi connectivity index (χ0) is 23.1. The molecule has 0 fully saturated rings. The molecule has 0 bridgehead atoms. The van der Waals surface area contributed by atoms with E-state index in [1.54, 1.807) is 49.4 Å². The summed E-state index contributed by atoms with van der Waals surface area (Å²) in [6.07, 6.45) is 0.590. The summed E-state index contributed by atoms with van der Waals surface area (Å²) in [6.45, 7) is 2.25. The summed E-state index contributed by atoms with van der Waals surface area (Å²) in [5.74, 6) is 0.482. The highest BCUT2D eigenvalue weighted by atomic mass is 35.5. The molecule has 0 spiro atoms. The van der Waals surface area contributed by atoms with Crippen molar-refractivity contribution in [3.63, 3.8) is 0 Å². The van der Waals surface area contributed by atoms with Gasteiger partial charge >= 0.3 is 5.97 Å². The van der Waals surface area contributed by atoms with Gasteiger partial charge in [-0.3, -0.25) is 0 Å². The number of carboxylic acids is 1. The lowest BCUT2D eigenvalue weighted by atomic mass is 9.96. The van der Waals surface area contributed by atoms with Gasteiger partial charge in [-0.1, -0.05) is 24.3 Å². The molecule has 1 atom stereocenters. The van der Waals surface area contributed by atoms with Crippen LogP contribution in [0.15, 0.2) is 70.0 Å². The Labute approximate surface area is 192 Å². The van der Waals surface area contributed by atoms with Crippen LogP contribution >= 0.6 is 11.6 Å². The van der Waals surface area contributed by atoms with Gasteiger partial charge in [-0.25, -0.2) is 17.9 Å². The molecule has 9 heteroatoms. The molecule has 0 aliphatic heterocycles. The Kier molecular flexibility index (Phi) is 7.95. The Morgan fingerprint density at radius 2 is 1.91 bits per heavy atom. The number of aryl methyl sites for hydroxylation is 1. The highest BCUT2D eigenvalue weighted by molar-refractivity contribution is 7.89. The quantitative estimate of drug-likeness (QED) is 0.349. The van der Waals surface area contributed by atoms with E-state index >= 15 is 0 Å². The lowest BCUT2D eigenvalue weighted by Crippen LogP contribution is -2.23. The highest BCUT2D eigenvalue weighted by Gasteiger charge is 2.19. The fourth-order valence-corrected chi connectivity index (χ4v) is 4.65. The van der Waals surface area contributed by atoms with Crippen molar-refractivity contribution < 1.29 is 22.7 Å². The van der Waals surface area contributed by atoms with Gasteiger partial charge in [0.1, 0.15) is 11.5 Å². The first-order valence-corrected chi connectivity index (χ1v) is 12.1. The maximum atomic E-state index is 12.8. The number of carboxylic acid groups (broad SMARTS) is 1. The third-order valence-electron chi connectivity index (χ3n) is 5.03. The average Bonchev–Trinajstić information content (AvgIpc) is 3.20. The van der Waals surface area contributed by atoms with Crippen molar-refractivity contribution in [3.8, 4) is 0 Å². The van der Waals surface area contributed by atoms with Crippen molar-refractivity contribution in [2.45, 2.75) is 30.7 Å². The lowest BCUT2D eigenvalue weighted by Gasteiger charge is -2.19. The van der Waals surface area contributed by atoms with Gasteiger partial charge in [0, 0.05) is 24.0 Å². The van der Waals surface area contributed by atoms with Gasteiger partial charge in [0.15, 0.2) is 0 Å². The molecule has 3 aromatic rings. The second-order valence-electron chi connectivity index (χ2n) is 7.32. The molecule has 0 amide bonds. The molecule has 7 nitrogen and oxygen atoms in total. The fraction of sp³-hybridized carbons (Fsp3) is 0.261. The van der Waals surface area contributed by atoms with E-state index in [9.17, 15) is 18.3 Å². The monoisotopic (exact) mass is 476 g/mol. The molecule has 0 aliphatic rings. The fourth-order valence-electron chi connectivity index (χ4n) is 3.34. The third kappa shape index (κ3) is 6.12. The maximum Gasteiger partial charge on any atom is 0.337 e. The van der Waals surface area contributed by atoms with E-state index in [1.165, 1.54) is 12.1 Å². The van der Waals surface area contributed by atoms with Crippen molar-refractivity contribution in [1.29, 1.82) is 0 Å². The minimum absolute atomic E-state index is 0.0546. The van der Waals surface area contributed by atoms with Crippen molar-refractivity contribution in [3.05, 3.63) is 83.3 Å². The second kappa shape index (κ2) is 10.7. The molecule has 3 rings (SSSR count). The van der Waals surface area contributed by atoms with Gasteiger partial charge in [0.05, 0.1) is 17.0 Å². The van der Waals surface area contributed by atoms with Crippen LogP contribution in [0.1, 0.15) is 39.8 Å². The number of nitrogens with one attached hydrogen (secondary N) is 2. The summed E-state index contributed by atoms with van der Waals surface area (Å²) in [4.78, 5) is 11.6. The smallest absolute Gasteiger partial charge is 0.337 e. The summed E-state index contributed by atoms with van der Waals surface area (Å²) in [6, 6.07) is 16.8. The van der Waals surface area contributed by atoms with Gasteiger partial charge < -0.3 is 14.8 Å². The molecule has 0 aliphatic carbocycles. The molecule has 1 aromatic heterocycles. The SMILES string of the molecule is Cc1ccc(CNS(=O)(=O)c2cccc(C(CCCl)CNc3ccccc3C(=O)O)c2)o1. The topological polar surface area (TPSA) is 109 Å². The second-order valence-corrected chi connectivity index (χ2v) is 9.46. The zero-order valence-electron chi connectivity index (χ0n) is 17.5. The van der Waals surface area contributed by atoms with Crippen LogP contribution in [0.2, 0.25) is 0 Å². The number of carbonyl (C=O) groups is 1. The van der Waals surface area contributed by atoms with Crippen LogP contribution < -0.4 is 10.0 Å². The van der Waals surface area contributed by atoms with Crippen molar-refractivity contribution >= 4 is 33.3 Å². The van der Waals surface area contributed by atoms with E-state index < -0.39 is 16.0 Å². The maximum absolute atomic E-state index is 12.8. The first-order chi connectivity index (χ1) is 15.3. The van der Waals surface area contributed by atoms with Crippen LogP contribution in [-0.2, 0) is 16.6 Å². The summed E-state index contributed by atoms with van der Waals surface area (Å²) < 4.78 is 33.5. The van der Waals surface area contributed by atoms with Gasteiger partial charge in [-0.15, -0.1) is 11.6 Å². The Hall–Kier alpha value is -2.81. The minimum Gasteiger partial charge on any atom is -0.478 e. The van der Waals surface area contributed by atoms with Crippen molar-refractivity contribution in [2.75, 3.05) is 17.7 Å². The van der Waals surface area contributed by atoms with Crippen LogP contribution in [0.4, 0.5) is 5.69 Å². The van der Waals surface area contributed by atoms with E-state index in [0.717, 1.165) is 5.56 Å². The number of rotatable bonds is 11. The predicted octanol–water partition coefficient (Wildman–Crippen LogP) is 4.59. The summed E-state index contributed by atoms with van der Waals surface area (Å²) in [5, 5.41) is 12.5. The van der Waals surface area contributed by atoms with E-state index in [-0.39, 0.29) is 22.9 Å². The average molecular weight is 477 g/mol. The Balaban J connectivity index is 1.76. The number of halogens is 1. The molecule has 170 valence electrons. The van der Waals surface area contributed by atoms with Crippen LogP contribution in [0.25, 0.3) is 0 Å². The van der Waals surface area contributed by atoms with Gasteiger partial charge in [0.2, 0.25) is 10.0 Å². The first-order valence-electron chi connectivity index (χ1n) is 10.1. The minimum atomic E-state index is -3.75. The number of hydrogen-bond acceptors (Lipinski definition) is 5. The number of alkyl halides is 1. The Morgan fingerprint density at radius 3 is 2.59 bits per heavy atom. The normalized spacial score (nSPS) is 12.4. The molecule has 1 unspecified atom stereocenters. The summed E-state index contributed by atoms with van der Waals surface area (Å²) >= 11 is 6.00. The molecule has 0 saturated heterocycles. The summed E-state index contributed by atoms with van der Waals surface area (Å²) in [7, 11) is -3.75. The van der Waals surface area contributed by atoms with Crippen LogP contribution in [0.5, 0.6) is 0 Å². The molecule has 32 heavy (non-hydrogen) atoms. The number of aromatic carboxylic acids is 1. The number of anilines is 1. The number of para-hydroxylation sites is 1. The predicted molar refractivity (Wildman–Crippen MR) is 124 cm³/mol. The lowest BCUT2D eigenvalue weighted by molar-refractivity contribution is 0.0698. The van der Waals surface area contributed by atoms with Crippen LogP contribution in [0, 0.1) is 6.92 Å². The molecule has 2 aromatic carbocycles. The van der Waals surface area contributed by atoms with Crippen molar-refractivity contribution in [2.24, 2.45) is 0 Å². The third-order valence-corrected chi connectivity index (χ3v) is 6.64. The van der Waals surface area contributed by atoms with Gasteiger partial charge in [-0.2, -0.15) is 0 Å². The number of benzene rings is 2. The van der Waals surface area contributed by atoms with Crippen molar-refractivity contribution in [1.82, 2.24) is 4.72 Å². The van der Waals surface area contributed by atoms with Crippen LogP contribution in [-0.4, -0.2) is 31.9 Å².